The van der Waals surface area contributed by atoms with Crippen molar-refractivity contribution in [1.82, 2.24) is 0 Å². The molecule has 1 aromatic carbocycles. The van der Waals surface area contributed by atoms with E-state index in [1.54, 1.807) is 0 Å². The second-order valence-electron chi connectivity index (χ2n) is 5.36. The summed E-state index contributed by atoms with van der Waals surface area (Å²) in [4.78, 5) is 11.5. The van der Waals surface area contributed by atoms with Gasteiger partial charge in [0.15, 0.2) is 0 Å². The van der Waals surface area contributed by atoms with Crippen molar-refractivity contribution in [2.75, 3.05) is 59.4 Å². The first-order valence-electron chi connectivity index (χ1n) is 8.63. The molecule has 0 saturated carbocycles. The van der Waals surface area contributed by atoms with E-state index in [9.17, 15) is 26.7 Å². The van der Waals surface area contributed by atoms with Gasteiger partial charge in [0.1, 0.15) is 0 Å². The van der Waals surface area contributed by atoms with E-state index in [0.29, 0.717) is 39.6 Å². The van der Waals surface area contributed by atoms with E-state index in [4.69, 9.17) is 24.7 Å². The molecule has 0 unspecified atom stereocenters. The maximum atomic E-state index is 13.4. The van der Waals surface area contributed by atoms with Gasteiger partial charge in [-0.25, -0.2) is 13.2 Å². The molecule has 0 aliphatic rings. The lowest BCUT2D eigenvalue weighted by Gasteiger charge is -2.09. The van der Waals surface area contributed by atoms with Crippen LogP contribution in [0.15, 0.2) is 0 Å². The highest BCUT2D eigenvalue weighted by molar-refractivity contribution is 5.72. The van der Waals surface area contributed by atoms with Crippen molar-refractivity contribution in [2.24, 2.45) is 5.73 Å². The summed E-state index contributed by atoms with van der Waals surface area (Å²) in [7, 11) is 0. The molecule has 0 atom stereocenters. The predicted octanol–water partition coefficient (Wildman–Crippen LogP) is 1.70. The lowest BCUT2D eigenvalue weighted by molar-refractivity contribution is -0.136. The molecule has 0 aliphatic carbocycles. The molecule has 1 rings (SSSR count). The molecule has 7 nitrogen and oxygen atoms in total. The third-order valence-electron chi connectivity index (χ3n) is 3.21. The van der Waals surface area contributed by atoms with Crippen molar-refractivity contribution in [2.45, 2.75) is 6.42 Å². The van der Waals surface area contributed by atoms with E-state index >= 15 is 0 Å². The molecular weight excluding hydrogens is 409 g/mol. The number of esters is 1. The molecule has 0 aromatic heterocycles. The normalized spacial score (nSPS) is 11.1. The minimum absolute atomic E-state index is 0.107. The van der Waals surface area contributed by atoms with E-state index in [1.165, 1.54) is 0 Å². The number of nitrogens with two attached hydrogens (primary N) is 1. The Morgan fingerprint density at radius 3 is 1.45 bits per heavy atom. The fraction of sp³-hybridized carbons (Fsp3) is 0.588. The van der Waals surface area contributed by atoms with Crippen LogP contribution in [0.3, 0.4) is 0 Å². The fourth-order valence-corrected chi connectivity index (χ4v) is 1.84. The number of carbonyl (C=O) groups excluding carboxylic acids is 1. The Kier molecular flexibility index (Phi) is 12.3. The fourth-order valence-electron chi connectivity index (χ4n) is 1.84. The van der Waals surface area contributed by atoms with Crippen molar-refractivity contribution >= 4 is 5.97 Å². The maximum absolute atomic E-state index is 13.4. The SMILES string of the molecule is NCCOCCOCCOCCOCCC(=O)Oc1c(F)c(F)c(F)c(F)c1F. The molecule has 0 saturated heterocycles. The molecule has 0 bridgehead atoms. The van der Waals surface area contributed by atoms with Crippen LogP contribution in [0.2, 0.25) is 0 Å². The Balaban J connectivity index is 2.13. The number of rotatable bonds is 15. The largest absolute Gasteiger partial charge is 0.420 e. The van der Waals surface area contributed by atoms with Gasteiger partial charge >= 0.3 is 5.97 Å². The minimum Gasteiger partial charge on any atom is -0.420 e. The van der Waals surface area contributed by atoms with Gasteiger partial charge < -0.3 is 29.4 Å². The predicted molar refractivity (Wildman–Crippen MR) is 88.8 cm³/mol. The molecule has 0 aliphatic heterocycles. The van der Waals surface area contributed by atoms with E-state index in [1.807, 2.05) is 0 Å². The molecule has 166 valence electrons. The van der Waals surface area contributed by atoms with Crippen LogP contribution >= 0.6 is 0 Å². The van der Waals surface area contributed by atoms with Crippen molar-refractivity contribution in [1.29, 1.82) is 0 Å². The van der Waals surface area contributed by atoms with Crippen LogP contribution in [0.25, 0.3) is 0 Å². The smallest absolute Gasteiger partial charge is 0.313 e. The first kappa shape index (κ1) is 25.2. The van der Waals surface area contributed by atoms with Gasteiger partial charge in [-0.2, -0.15) is 8.78 Å². The molecule has 12 heteroatoms. The van der Waals surface area contributed by atoms with Crippen LogP contribution in [0.1, 0.15) is 6.42 Å². The number of benzene rings is 1. The van der Waals surface area contributed by atoms with Crippen LogP contribution in [-0.4, -0.2) is 65.4 Å². The van der Waals surface area contributed by atoms with E-state index < -0.39 is 47.2 Å². The quantitative estimate of drug-likeness (QED) is 0.113. The van der Waals surface area contributed by atoms with Gasteiger partial charge in [-0.15, -0.1) is 0 Å². The lowest BCUT2D eigenvalue weighted by Crippen LogP contribution is -2.16. The van der Waals surface area contributed by atoms with Crippen LogP contribution < -0.4 is 10.5 Å². The Morgan fingerprint density at radius 2 is 1.00 bits per heavy atom. The third-order valence-corrected chi connectivity index (χ3v) is 3.21. The highest BCUT2D eigenvalue weighted by Gasteiger charge is 2.28. The Bertz CT molecular complexity index is 620. The summed E-state index contributed by atoms with van der Waals surface area (Å²) in [6.45, 7) is 2.50. The van der Waals surface area contributed by atoms with E-state index in [-0.39, 0.29) is 19.8 Å². The van der Waals surface area contributed by atoms with Crippen molar-refractivity contribution in [3.05, 3.63) is 29.1 Å². The van der Waals surface area contributed by atoms with Crippen LogP contribution in [0, 0.1) is 29.1 Å². The van der Waals surface area contributed by atoms with Gasteiger partial charge in [0.2, 0.25) is 34.8 Å². The Hall–Kier alpha value is -1.86. The summed E-state index contributed by atoms with van der Waals surface area (Å²) in [5, 5.41) is 0. The molecule has 0 fully saturated rings. The summed E-state index contributed by atoms with van der Waals surface area (Å²) in [6, 6.07) is 0. The highest BCUT2D eigenvalue weighted by atomic mass is 19.2. The van der Waals surface area contributed by atoms with Crippen LogP contribution in [0.4, 0.5) is 22.0 Å². The highest BCUT2D eigenvalue weighted by Crippen LogP contribution is 2.29. The van der Waals surface area contributed by atoms with Gasteiger partial charge in [-0.05, 0) is 0 Å². The van der Waals surface area contributed by atoms with E-state index in [2.05, 4.69) is 4.74 Å². The molecule has 0 amide bonds. The Labute approximate surface area is 163 Å². The van der Waals surface area contributed by atoms with E-state index in [0.717, 1.165) is 0 Å². The zero-order valence-electron chi connectivity index (χ0n) is 15.5. The number of hydrogen-bond donors (Lipinski definition) is 1. The Morgan fingerprint density at radius 1 is 0.621 bits per heavy atom. The zero-order chi connectivity index (χ0) is 21.6. The molecule has 0 heterocycles. The first-order valence-corrected chi connectivity index (χ1v) is 8.63. The summed E-state index contributed by atoms with van der Waals surface area (Å²) >= 11 is 0. The third kappa shape index (κ3) is 9.00. The average Bonchev–Trinajstić information content (AvgIpc) is 2.71. The first-order chi connectivity index (χ1) is 13.9. The van der Waals surface area contributed by atoms with Gasteiger partial charge in [0.25, 0.3) is 0 Å². The minimum atomic E-state index is -2.34. The van der Waals surface area contributed by atoms with Crippen molar-refractivity contribution in [3.63, 3.8) is 0 Å². The summed E-state index contributed by atoms with van der Waals surface area (Å²) in [5.41, 5.74) is 5.24. The molecule has 29 heavy (non-hydrogen) atoms. The van der Waals surface area contributed by atoms with Gasteiger partial charge in [0, 0.05) is 6.54 Å². The standard InChI is InChI=1S/C17H22F5NO6/c18-12-13(19)15(21)17(16(22)14(12)20)29-11(24)1-3-25-5-7-27-9-10-28-8-6-26-4-2-23/h1-10,23H2. The average molecular weight is 431 g/mol. The summed E-state index contributed by atoms with van der Waals surface area (Å²) in [6.07, 6.45) is -0.467. The van der Waals surface area contributed by atoms with Crippen molar-refractivity contribution in [3.8, 4) is 5.75 Å². The summed E-state index contributed by atoms with van der Waals surface area (Å²) < 4.78 is 90.5. The monoisotopic (exact) mass is 431 g/mol. The number of carbonyl (C=O) groups is 1. The maximum Gasteiger partial charge on any atom is 0.313 e. The van der Waals surface area contributed by atoms with Gasteiger partial charge in [-0.3, -0.25) is 4.79 Å². The second-order valence-corrected chi connectivity index (χ2v) is 5.36. The molecule has 1 aromatic rings. The molecular formula is C17H22F5NO6. The second kappa shape index (κ2) is 14.2. The lowest BCUT2D eigenvalue weighted by atomic mass is 10.2. The number of hydrogen-bond acceptors (Lipinski definition) is 7. The molecule has 2 N–H and O–H groups in total. The van der Waals surface area contributed by atoms with Gasteiger partial charge in [0.05, 0.1) is 59.3 Å². The number of ether oxygens (including phenoxy) is 5. The van der Waals surface area contributed by atoms with Crippen LogP contribution in [0.5, 0.6) is 5.75 Å². The zero-order valence-corrected chi connectivity index (χ0v) is 15.5. The number of halogens is 5. The summed E-state index contributed by atoms with van der Waals surface area (Å²) in [5.74, 6) is -14.1. The van der Waals surface area contributed by atoms with Gasteiger partial charge in [-0.1, -0.05) is 0 Å². The molecule has 0 spiro atoms. The van der Waals surface area contributed by atoms with Crippen LogP contribution in [-0.2, 0) is 23.7 Å². The van der Waals surface area contributed by atoms with Crippen molar-refractivity contribution < 1.29 is 50.4 Å². The molecule has 0 radical (unpaired) electrons. The topological polar surface area (TPSA) is 89.2 Å².